The largest absolute Gasteiger partial charge is 0.479 e. The number of nitrogens with one attached hydrogen (secondary N) is 1. The summed E-state index contributed by atoms with van der Waals surface area (Å²) in [6, 6.07) is 18.7. The molecular formula is C29H28F3N7O. The lowest BCUT2D eigenvalue weighted by molar-refractivity contribution is -0.137. The molecular weight excluding hydrogens is 519 g/mol. The lowest BCUT2D eigenvalue weighted by Gasteiger charge is -2.35. The van der Waals surface area contributed by atoms with Crippen molar-refractivity contribution < 1.29 is 17.9 Å². The van der Waals surface area contributed by atoms with Crippen LogP contribution in [-0.4, -0.2) is 45.0 Å². The summed E-state index contributed by atoms with van der Waals surface area (Å²) in [6.45, 7) is 4.46. The maximum Gasteiger partial charge on any atom is 0.416 e. The van der Waals surface area contributed by atoms with E-state index in [-0.39, 0.29) is 6.04 Å². The monoisotopic (exact) mass is 547 g/mol. The number of pyridine rings is 1. The zero-order valence-corrected chi connectivity index (χ0v) is 22.1. The van der Waals surface area contributed by atoms with Crippen LogP contribution in [0.15, 0.2) is 78.6 Å². The van der Waals surface area contributed by atoms with E-state index in [1.54, 1.807) is 7.11 Å². The van der Waals surface area contributed by atoms with Gasteiger partial charge in [0.05, 0.1) is 31.9 Å². The third-order valence-electron chi connectivity index (χ3n) is 7.14. The molecule has 0 saturated heterocycles. The first-order valence-electron chi connectivity index (χ1n) is 12.9. The summed E-state index contributed by atoms with van der Waals surface area (Å²) >= 11 is 0. The molecule has 0 amide bonds. The number of ether oxygens (including phenoxy) is 1. The molecule has 0 radical (unpaired) electrons. The van der Waals surface area contributed by atoms with Crippen LogP contribution in [0.5, 0.6) is 5.88 Å². The molecule has 2 aliphatic rings. The molecule has 2 aliphatic heterocycles. The second-order valence-corrected chi connectivity index (χ2v) is 9.84. The molecule has 0 unspecified atom stereocenters. The zero-order chi connectivity index (χ0) is 27.9. The van der Waals surface area contributed by atoms with Crippen molar-refractivity contribution in [2.75, 3.05) is 25.2 Å². The van der Waals surface area contributed by atoms with E-state index in [0.717, 1.165) is 29.1 Å². The highest BCUT2D eigenvalue weighted by atomic mass is 19.4. The summed E-state index contributed by atoms with van der Waals surface area (Å²) in [5.41, 5.74) is 3.55. The molecule has 0 bridgehead atoms. The van der Waals surface area contributed by atoms with Gasteiger partial charge in [0.2, 0.25) is 5.88 Å². The Hall–Kier alpha value is -4.38. The second-order valence-electron chi connectivity index (χ2n) is 9.84. The molecule has 206 valence electrons. The molecule has 1 atom stereocenters. The van der Waals surface area contributed by atoms with E-state index in [1.807, 2.05) is 65.2 Å². The average molecular weight is 548 g/mol. The normalized spacial score (nSPS) is 17.4. The Bertz CT molecular complexity index is 1530. The van der Waals surface area contributed by atoms with E-state index in [2.05, 4.69) is 10.2 Å². The van der Waals surface area contributed by atoms with Crippen molar-refractivity contribution in [3.8, 4) is 17.4 Å². The number of benzene rings is 2. The number of rotatable bonds is 6. The van der Waals surface area contributed by atoms with Crippen molar-refractivity contribution in [2.24, 2.45) is 0 Å². The van der Waals surface area contributed by atoms with Gasteiger partial charge in [-0.25, -0.2) is 14.6 Å². The number of hydrogen-bond acceptors (Lipinski definition) is 7. The van der Waals surface area contributed by atoms with Crippen molar-refractivity contribution in [1.82, 2.24) is 30.0 Å². The molecule has 4 heterocycles. The molecule has 40 heavy (non-hydrogen) atoms. The molecule has 8 nitrogen and oxygen atoms in total. The van der Waals surface area contributed by atoms with E-state index in [9.17, 15) is 13.2 Å². The highest BCUT2D eigenvalue weighted by molar-refractivity contribution is 5.63. The fourth-order valence-corrected chi connectivity index (χ4v) is 5.16. The molecule has 2 aromatic carbocycles. The maximum absolute atomic E-state index is 13.3. The van der Waals surface area contributed by atoms with Crippen LogP contribution in [-0.2, 0) is 19.3 Å². The molecule has 4 aromatic rings. The number of halogens is 3. The van der Waals surface area contributed by atoms with Crippen molar-refractivity contribution in [1.29, 1.82) is 0 Å². The van der Waals surface area contributed by atoms with Crippen LogP contribution in [0.1, 0.15) is 35.5 Å². The summed E-state index contributed by atoms with van der Waals surface area (Å²) in [5.74, 6) is 1.54. The van der Waals surface area contributed by atoms with E-state index in [1.165, 1.54) is 12.1 Å². The van der Waals surface area contributed by atoms with Gasteiger partial charge < -0.3 is 15.0 Å². The molecule has 0 fully saturated rings. The Labute approximate surface area is 229 Å². The fraction of sp³-hybridized carbons (Fsp3) is 0.276. The third kappa shape index (κ3) is 5.00. The standard InChI is InChI=1S/C29H28F3N7O/c1-19-16-38(18-33-19)24-13-12-23(34-28(24)40-2)26-35-27-25(21-8-10-22(11-9-21)29(30,31)32)37(14-15-39(27)36-26)17-20-6-4-3-5-7-20/h3-13,16,25,33H,14-15,17-18H2,1-2H3/t25-/m1/s1. The van der Waals surface area contributed by atoms with Gasteiger partial charge in [-0.3, -0.25) is 4.90 Å². The van der Waals surface area contributed by atoms with Gasteiger partial charge in [0.1, 0.15) is 17.2 Å². The Morgan fingerprint density at radius 2 is 1.75 bits per heavy atom. The van der Waals surface area contributed by atoms with E-state index < -0.39 is 11.7 Å². The molecule has 0 spiro atoms. The molecule has 6 rings (SSSR count). The van der Waals surface area contributed by atoms with Crippen molar-refractivity contribution in [2.45, 2.75) is 32.2 Å². The number of anilines is 1. The minimum absolute atomic E-state index is 0.387. The van der Waals surface area contributed by atoms with E-state index in [0.29, 0.717) is 55.1 Å². The summed E-state index contributed by atoms with van der Waals surface area (Å²) < 4.78 is 47.3. The van der Waals surface area contributed by atoms with Gasteiger partial charge in [-0.05, 0) is 42.3 Å². The summed E-state index contributed by atoms with van der Waals surface area (Å²) in [6.07, 6.45) is -2.42. The molecule has 1 N–H and O–H groups in total. The topological polar surface area (TPSA) is 71.3 Å². The Morgan fingerprint density at radius 3 is 2.42 bits per heavy atom. The second kappa shape index (κ2) is 10.3. The van der Waals surface area contributed by atoms with Crippen LogP contribution in [0.25, 0.3) is 11.5 Å². The van der Waals surface area contributed by atoms with Crippen LogP contribution < -0.4 is 15.0 Å². The first kappa shape index (κ1) is 25.9. The number of methoxy groups -OCH3 is 1. The number of nitrogens with zero attached hydrogens (tertiary/aromatic N) is 6. The lowest BCUT2D eigenvalue weighted by atomic mass is 10.00. The van der Waals surface area contributed by atoms with Crippen molar-refractivity contribution >= 4 is 5.69 Å². The van der Waals surface area contributed by atoms with Crippen LogP contribution in [0.2, 0.25) is 0 Å². The van der Waals surface area contributed by atoms with Gasteiger partial charge in [-0.1, -0.05) is 42.5 Å². The predicted molar refractivity (Wildman–Crippen MR) is 144 cm³/mol. The van der Waals surface area contributed by atoms with Crippen molar-refractivity contribution in [3.05, 3.63) is 101 Å². The Morgan fingerprint density at radius 1 is 0.975 bits per heavy atom. The van der Waals surface area contributed by atoms with Gasteiger partial charge in [-0.2, -0.15) is 13.2 Å². The molecule has 0 aliphatic carbocycles. The number of alkyl halides is 3. The first-order valence-corrected chi connectivity index (χ1v) is 12.9. The minimum atomic E-state index is -4.40. The highest BCUT2D eigenvalue weighted by Gasteiger charge is 2.35. The van der Waals surface area contributed by atoms with Crippen LogP contribution in [0.4, 0.5) is 18.9 Å². The fourth-order valence-electron chi connectivity index (χ4n) is 5.16. The number of allylic oxidation sites excluding steroid dienone is 1. The number of hydrogen-bond donors (Lipinski definition) is 1. The highest BCUT2D eigenvalue weighted by Crippen LogP contribution is 2.36. The van der Waals surface area contributed by atoms with Crippen molar-refractivity contribution in [3.63, 3.8) is 0 Å². The van der Waals surface area contributed by atoms with Gasteiger partial charge in [0, 0.05) is 25.0 Å². The Balaban J connectivity index is 1.37. The van der Waals surface area contributed by atoms with Crippen LogP contribution in [0.3, 0.4) is 0 Å². The third-order valence-corrected chi connectivity index (χ3v) is 7.14. The van der Waals surface area contributed by atoms with Crippen LogP contribution in [0, 0.1) is 0 Å². The minimum Gasteiger partial charge on any atom is -0.479 e. The van der Waals surface area contributed by atoms with Gasteiger partial charge in [0.15, 0.2) is 5.82 Å². The first-order chi connectivity index (χ1) is 19.3. The number of aromatic nitrogens is 4. The van der Waals surface area contributed by atoms with Crippen LogP contribution >= 0.6 is 0 Å². The smallest absolute Gasteiger partial charge is 0.416 e. The van der Waals surface area contributed by atoms with Gasteiger partial charge in [0.25, 0.3) is 0 Å². The predicted octanol–water partition coefficient (Wildman–Crippen LogP) is 5.20. The molecule has 0 saturated carbocycles. The van der Waals surface area contributed by atoms with Gasteiger partial charge >= 0.3 is 6.18 Å². The summed E-state index contributed by atoms with van der Waals surface area (Å²) in [4.78, 5) is 13.8. The zero-order valence-electron chi connectivity index (χ0n) is 22.1. The maximum atomic E-state index is 13.3. The van der Waals surface area contributed by atoms with Gasteiger partial charge in [-0.15, -0.1) is 5.10 Å². The summed E-state index contributed by atoms with van der Waals surface area (Å²) in [5, 5.41) is 8.01. The van der Waals surface area contributed by atoms with E-state index in [4.69, 9.17) is 19.8 Å². The quantitative estimate of drug-likeness (QED) is 0.356. The van der Waals surface area contributed by atoms with E-state index >= 15 is 0 Å². The lowest BCUT2D eigenvalue weighted by Crippen LogP contribution is -2.39. The molecule has 2 aromatic heterocycles. The Kier molecular flexibility index (Phi) is 6.67. The average Bonchev–Trinajstić information content (AvgIpc) is 3.59. The molecule has 11 heteroatoms. The summed E-state index contributed by atoms with van der Waals surface area (Å²) in [7, 11) is 1.57. The SMILES string of the molecule is COc1nc(-c2nc3n(n2)CCN(Cc2ccccc2)[C@@H]3c2ccc(C(F)(F)F)cc2)ccc1N1C=C(C)NC1. The number of fused-ring (bicyclic) bond motifs is 1.